The number of hydrogen-bond donors (Lipinski definition) is 4. The van der Waals surface area contributed by atoms with E-state index in [0.717, 1.165) is 0 Å². The Morgan fingerprint density at radius 2 is 2.24 bits per heavy atom. The van der Waals surface area contributed by atoms with E-state index < -0.39 is 24.6 Å². The van der Waals surface area contributed by atoms with Gasteiger partial charge in [0.25, 0.3) is 0 Å². The van der Waals surface area contributed by atoms with Crippen molar-refractivity contribution in [3.8, 4) is 0 Å². The lowest BCUT2D eigenvalue weighted by Gasteiger charge is -2.10. The van der Waals surface area contributed by atoms with Crippen LogP contribution in [0.1, 0.15) is 0 Å². The number of aliphatic hydroxyl groups is 2. The number of carbonyl (C=O) groups is 1. The van der Waals surface area contributed by atoms with E-state index in [2.05, 4.69) is 26.6 Å². The molecule has 94 valence electrons. The SMILES string of the molecule is O=C(NCC(O)CO)Nc1ccc(Br)cc1F. The molecule has 1 aromatic rings. The number of benzene rings is 1. The molecule has 0 saturated heterocycles. The Bertz CT molecular complexity index is 403. The third-order valence-corrected chi connectivity index (χ3v) is 2.38. The first-order chi connectivity index (χ1) is 8.02. The monoisotopic (exact) mass is 306 g/mol. The van der Waals surface area contributed by atoms with Gasteiger partial charge in [-0.3, -0.25) is 0 Å². The number of rotatable bonds is 4. The molecule has 0 spiro atoms. The summed E-state index contributed by atoms with van der Waals surface area (Å²) in [5.74, 6) is -0.572. The van der Waals surface area contributed by atoms with Crippen LogP contribution in [0.4, 0.5) is 14.9 Å². The quantitative estimate of drug-likeness (QED) is 0.671. The van der Waals surface area contributed by atoms with Gasteiger partial charge in [-0.1, -0.05) is 15.9 Å². The lowest BCUT2D eigenvalue weighted by Crippen LogP contribution is -2.36. The maximum Gasteiger partial charge on any atom is 0.319 e. The zero-order valence-corrected chi connectivity index (χ0v) is 10.4. The Hall–Kier alpha value is -1.18. The van der Waals surface area contributed by atoms with E-state index in [0.29, 0.717) is 4.47 Å². The standard InChI is InChI=1S/C10H12BrFN2O3/c11-6-1-2-9(8(12)3-6)14-10(17)13-4-7(16)5-15/h1-3,7,15-16H,4-5H2,(H2,13,14,17). The van der Waals surface area contributed by atoms with Crippen LogP contribution in [0.15, 0.2) is 22.7 Å². The summed E-state index contributed by atoms with van der Waals surface area (Å²) in [5, 5.41) is 22.1. The number of aliphatic hydroxyl groups excluding tert-OH is 2. The normalized spacial score (nSPS) is 12.0. The van der Waals surface area contributed by atoms with Crippen LogP contribution in [0.25, 0.3) is 0 Å². The Balaban J connectivity index is 2.50. The number of amides is 2. The van der Waals surface area contributed by atoms with Gasteiger partial charge in [0, 0.05) is 11.0 Å². The Morgan fingerprint density at radius 3 is 2.82 bits per heavy atom. The molecule has 0 aromatic heterocycles. The predicted molar refractivity (Wildman–Crippen MR) is 64.2 cm³/mol. The largest absolute Gasteiger partial charge is 0.394 e. The van der Waals surface area contributed by atoms with Crippen LogP contribution in [0.2, 0.25) is 0 Å². The summed E-state index contributed by atoms with van der Waals surface area (Å²) in [4.78, 5) is 11.3. The highest BCUT2D eigenvalue weighted by Crippen LogP contribution is 2.18. The molecule has 0 saturated carbocycles. The van der Waals surface area contributed by atoms with Crippen molar-refractivity contribution in [2.75, 3.05) is 18.5 Å². The van der Waals surface area contributed by atoms with E-state index in [1.165, 1.54) is 12.1 Å². The number of anilines is 1. The molecule has 1 atom stereocenters. The highest BCUT2D eigenvalue weighted by molar-refractivity contribution is 9.10. The van der Waals surface area contributed by atoms with Gasteiger partial charge in [-0.25, -0.2) is 9.18 Å². The molecule has 0 aliphatic carbocycles. The first-order valence-electron chi connectivity index (χ1n) is 4.81. The van der Waals surface area contributed by atoms with Crippen LogP contribution in [-0.4, -0.2) is 35.5 Å². The minimum Gasteiger partial charge on any atom is -0.394 e. The Morgan fingerprint density at radius 1 is 1.53 bits per heavy atom. The first kappa shape index (κ1) is 13.9. The summed E-state index contributed by atoms with van der Waals surface area (Å²) >= 11 is 3.09. The zero-order valence-electron chi connectivity index (χ0n) is 8.78. The average Bonchev–Trinajstić information content (AvgIpc) is 2.29. The molecular formula is C10H12BrFN2O3. The second kappa shape index (κ2) is 6.53. The Labute approximate surface area is 106 Å². The molecule has 2 amide bonds. The van der Waals surface area contributed by atoms with Gasteiger partial charge in [-0.2, -0.15) is 0 Å². The predicted octanol–water partition coefficient (Wildman–Crippen LogP) is 1.06. The van der Waals surface area contributed by atoms with Crippen LogP contribution < -0.4 is 10.6 Å². The van der Waals surface area contributed by atoms with Crippen molar-refractivity contribution in [2.24, 2.45) is 0 Å². The zero-order chi connectivity index (χ0) is 12.8. The maximum absolute atomic E-state index is 13.3. The number of carbonyl (C=O) groups excluding carboxylic acids is 1. The van der Waals surface area contributed by atoms with E-state index in [1.54, 1.807) is 6.07 Å². The van der Waals surface area contributed by atoms with Gasteiger partial charge in [0.1, 0.15) is 5.82 Å². The molecule has 0 heterocycles. The molecule has 1 aromatic carbocycles. The molecule has 0 fully saturated rings. The highest BCUT2D eigenvalue weighted by atomic mass is 79.9. The van der Waals surface area contributed by atoms with Crippen molar-refractivity contribution >= 4 is 27.6 Å². The molecule has 1 rings (SSSR count). The van der Waals surface area contributed by atoms with E-state index in [9.17, 15) is 9.18 Å². The summed E-state index contributed by atoms with van der Waals surface area (Å²) in [6.45, 7) is -0.562. The van der Waals surface area contributed by atoms with E-state index in [-0.39, 0.29) is 12.2 Å². The Kier molecular flexibility index (Phi) is 5.33. The van der Waals surface area contributed by atoms with Gasteiger partial charge in [0.2, 0.25) is 0 Å². The van der Waals surface area contributed by atoms with E-state index >= 15 is 0 Å². The van der Waals surface area contributed by atoms with Crippen molar-refractivity contribution < 1.29 is 19.4 Å². The summed E-state index contributed by atoms with van der Waals surface area (Å²) in [7, 11) is 0. The summed E-state index contributed by atoms with van der Waals surface area (Å²) in [6.07, 6.45) is -1.03. The fraction of sp³-hybridized carbons (Fsp3) is 0.300. The average molecular weight is 307 g/mol. The fourth-order valence-electron chi connectivity index (χ4n) is 1.03. The van der Waals surface area contributed by atoms with Crippen molar-refractivity contribution in [1.82, 2.24) is 5.32 Å². The van der Waals surface area contributed by atoms with Gasteiger partial charge >= 0.3 is 6.03 Å². The number of urea groups is 1. The van der Waals surface area contributed by atoms with Gasteiger partial charge in [-0.15, -0.1) is 0 Å². The molecule has 17 heavy (non-hydrogen) atoms. The second-order valence-corrected chi connectivity index (χ2v) is 4.21. The van der Waals surface area contributed by atoms with Crippen LogP contribution in [0, 0.1) is 5.82 Å². The third kappa shape index (κ3) is 4.68. The number of hydrogen-bond acceptors (Lipinski definition) is 3. The summed E-state index contributed by atoms with van der Waals surface area (Å²) in [5.41, 5.74) is 0.0317. The van der Waals surface area contributed by atoms with Crippen LogP contribution in [0.3, 0.4) is 0 Å². The lowest BCUT2D eigenvalue weighted by atomic mass is 10.3. The molecule has 7 heteroatoms. The lowest BCUT2D eigenvalue weighted by molar-refractivity contribution is 0.0965. The fourth-order valence-corrected chi connectivity index (χ4v) is 1.37. The molecule has 4 N–H and O–H groups in total. The molecule has 5 nitrogen and oxygen atoms in total. The van der Waals surface area contributed by atoms with Crippen molar-refractivity contribution in [3.63, 3.8) is 0 Å². The van der Waals surface area contributed by atoms with Gasteiger partial charge in [0.15, 0.2) is 0 Å². The van der Waals surface area contributed by atoms with Crippen LogP contribution in [-0.2, 0) is 0 Å². The molecular weight excluding hydrogens is 295 g/mol. The minimum absolute atomic E-state index is 0.0317. The van der Waals surface area contributed by atoms with Gasteiger partial charge in [0.05, 0.1) is 18.4 Å². The molecule has 0 aliphatic rings. The topological polar surface area (TPSA) is 81.6 Å². The number of halogens is 2. The van der Waals surface area contributed by atoms with Crippen LogP contribution >= 0.6 is 15.9 Å². The maximum atomic E-state index is 13.3. The molecule has 1 unspecified atom stereocenters. The third-order valence-electron chi connectivity index (χ3n) is 1.89. The summed E-state index contributed by atoms with van der Waals surface area (Å²) < 4.78 is 13.9. The molecule has 0 bridgehead atoms. The van der Waals surface area contributed by atoms with Gasteiger partial charge in [-0.05, 0) is 18.2 Å². The smallest absolute Gasteiger partial charge is 0.319 e. The van der Waals surface area contributed by atoms with E-state index in [4.69, 9.17) is 10.2 Å². The molecule has 0 aliphatic heterocycles. The van der Waals surface area contributed by atoms with E-state index in [1.807, 2.05) is 0 Å². The van der Waals surface area contributed by atoms with Crippen molar-refractivity contribution in [1.29, 1.82) is 0 Å². The second-order valence-electron chi connectivity index (χ2n) is 3.30. The highest BCUT2D eigenvalue weighted by Gasteiger charge is 2.08. The van der Waals surface area contributed by atoms with Gasteiger partial charge < -0.3 is 20.8 Å². The van der Waals surface area contributed by atoms with Crippen molar-refractivity contribution in [3.05, 3.63) is 28.5 Å². The first-order valence-corrected chi connectivity index (χ1v) is 5.61. The molecule has 0 radical (unpaired) electrons. The van der Waals surface area contributed by atoms with Crippen LogP contribution in [0.5, 0.6) is 0 Å². The van der Waals surface area contributed by atoms with Crippen molar-refractivity contribution in [2.45, 2.75) is 6.10 Å². The summed E-state index contributed by atoms with van der Waals surface area (Å²) in [6, 6.07) is 3.56. The minimum atomic E-state index is -1.03. The number of nitrogens with one attached hydrogen (secondary N) is 2.